The average Bonchev–Trinajstić information content (AvgIpc) is 2.46. The Morgan fingerprint density at radius 3 is 2.65 bits per heavy atom. The molecular weight excluding hydrogens is 250 g/mol. The van der Waals surface area contributed by atoms with E-state index in [0.717, 1.165) is 36.8 Å². The van der Waals surface area contributed by atoms with Crippen LogP contribution in [0.5, 0.6) is 0 Å². The number of hydrogen-bond acceptors (Lipinski definition) is 3. The number of rotatable bonds is 1. The van der Waals surface area contributed by atoms with Crippen LogP contribution in [0.3, 0.4) is 0 Å². The first-order chi connectivity index (χ1) is 9.65. The molecule has 1 aliphatic heterocycles. The summed E-state index contributed by atoms with van der Waals surface area (Å²) in [6.07, 6.45) is 2.15. The topological polar surface area (TPSA) is 46.1 Å². The molecule has 0 N–H and O–H groups in total. The van der Waals surface area contributed by atoms with Crippen LogP contribution in [-0.4, -0.2) is 33.9 Å². The smallest absolute Gasteiger partial charge is 0.273 e. The SMILES string of the molecule is Cc1nc(C(=O)N2CCC(C)CC2)c2ccccc2n1. The maximum absolute atomic E-state index is 12.7. The van der Waals surface area contributed by atoms with Crippen LogP contribution in [0.2, 0.25) is 0 Å². The van der Waals surface area contributed by atoms with Crippen LogP contribution in [0.4, 0.5) is 0 Å². The van der Waals surface area contributed by atoms with Gasteiger partial charge in [-0.2, -0.15) is 0 Å². The first-order valence-corrected chi connectivity index (χ1v) is 7.18. The van der Waals surface area contributed by atoms with Crippen molar-refractivity contribution >= 4 is 16.8 Å². The van der Waals surface area contributed by atoms with Crippen LogP contribution in [-0.2, 0) is 0 Å². The standard InChI is InChI=1S/C16H19N3O/c1-11-7-9-19(10-8-11)16(20)15-13-5-3-4-6-14(13)17-12(2)18-15/h3-6,11H,7-10H2,1-2H3. The van der Waals surface area contributed by atoms with Crippen LogP contribution in [0, 0.1) is 12.8 Å². The number of hydrogen-bond donors (Lipinski definition) is 0. The number of aromatic nitrogens is 2. The number of para-hydroxylation sites is 1. The predicted molar refractivity (Wildman–Crippen MR) is 78.6 cm³/mol. The van der Waals surface area contributed by atoms with Gasteiger partial charge in [-0.05, 0) is 31.7 Å². The fourth-order valence-corrected chi connectivity index (χ4v) is 2.72. The number of fused-ring (bicyclic) bond motifs is 1. The fraction of sp³-hybridized carbons (Fsp3) is 0.438. The Bertz CT molecular complexity index is 645. The summed E-state index contributed by atoms with van der Waals surface area (Å²) in [7, 11) is 0. The zero-order valence-electron chi connectivity index (χ0n) is 12.0. The van der Waals surface area contributed by atoms with Gasteiger partial charge < -0.3 is 4.90 Å². The average molecular weight is 269 g/mol. The number of piperidine rings is 1. The summed E-state index contributed by atoms with van der Waals surface area (Å²) in [5.74, 6) is 1.40. The van der Waals surface area contributed by atoms with E-state index in [4.69, 9.17) is 0 Å². The molecule has 0 saturated carbocycles. The summed E-state index contributed by atoms with van der Waals surface area (Å²) in [4.78, 5) is 23.4. The third kappa shape index (κ3) is 2.38. The van der Waals surface area contributed by atoms with Crippen molar-refractivity contribution in [3.63, 3.8) is 0 Å². The van der Waals surface area contributed by atoms with E-state index in [0.29, 0.717) is 17.4 Å². The molecule has 1 aromatic heterocycles. The maximum Gasteiger partial charge on any atom is 0.273 e. The number of likely N-dealkylation sites (tertiary alicyclic amines) is 1. The van der Waals surface area contributed by atoms with E-state index < -0.39 is 0 Å². The number of amides is 1. The molecule has 0 atom stereocenters. The van der Waals surface area contributed by atoms with E-state index >= 15 is 0 Å². The highest BCUT2D eigenvalue weighted by atomic mass is 16.2. The van der Waals surface area contributed by atoms with Crippen molar-refractivity contribution in [3.05, 3.63) is 35.8 Å². The highest BCUT2D eigenvalue weighted by Gasteiger charge is 2.24. The Morgan fingerprint density at radius 1 is 1.20 bits per heavy atom. The van der Waals surface area contributed by atoms with E-state index in [1.807, 2.05) is 36.1 Å². The molecule has 1 aromatic carbocycles. The summed E-state index contributed by atoms with van der Waals surface area (Å²) in [6, 6.07) is 7.72. The highest BCUT2D eigenvalue weighted by molar-refractivity contribution is 6.04. The Labute approximate surface area is 118 Å². The van der Waals surface area contributed by atoms with Gasteiger partial charge in [0.15, 0.2) is 0 Å². The van der Waals surface area contributed by atoms with Crippen molar-refractivity contribution in [1.29, 1.82) is 0 Å². The molecule has 1 fully saturated rings. The Hall–Kier alpha value is -1.97. The van der Waals surface area contributed by atoms with Crippen LogP contribution in [0.15, 0.2) is 24.3 Å². The van der Waals surface area contributed by atoms with Crippen LogP contribution in [0.1, 0.15) is 36.1 Å². The van der Waals surface area contributed by atoms with E-state index in [2.05, 4.69) is 16.9 Å². The molecule has 1 amide bonds. The van der Waals surface area contributed by atoms with Gasteiger partial charge in [-0.15, -0.1) is 0 Å². The van der Waals surface area contributed by atoms with Crippen molar-refractivity contribution in [2.24, 2.45) is 5.92 Å². The van der Waals surface area contributed by atoms with Crippen molar-refractivity contribution in [3.8, 4) is 0 Å². The molecule has 0 bridgehead atoms. The zero-order chi connectivity index (χ0) is 14.1. The molecule has 2 heterocycles. The lowest BCUT2D eigenvalue weighted by molar-refractivity contribution is 0.0693. The highest BCUT2D eigenvalue weighted by Crippen LogP contribution is 2.21. The number of carbonyl (C=O) groups is 1. The summed E-state index contributed by atoms with van der Waals surface area (Å²) in [5, 5.41) is 0.849. The lowest BCUT2D eigenvalue weighted by Crippen LogP contribution is -2.38. The van der Waals surface area contributed by atoms with Crippen molar-refractivity contribution in [1.82, 2.24) is 14.9 Å². The fourth-order valence-electron chi connectivity index (χ4n) is 2.72. The van der Waals surface area contributed by atoms with Crippen molar-refractivity contribution < 1.29 is 4.79 Å². The van der Waals surface area contributed by atoms with Gasteiger partial charge in [-0.25, -0.2) is 9.97 Å². The van der Waals surface area contributed by atoms with Crippen LogP contribution < -0.4 is 0 Å². The van der Waals surface area contributed by atoms with E-state index in [1.165, 1.54) is 0 Å². The van der Waals surface area contributed by atoms with Crippen LogP contribution >= 0.6 is 0 Å². The summed E-state index contributed by atoms with van der Waals surface area (Å²) >= 11 is 0. The second kappa shape index (κ2) is 5.19. The Balaban J connectivity index is 1.99. The molecule has 4 heteroatoms. The molecule has 3 rings (SSSR count). The van der Waals surface area contributed by atoms with E-state index in [-0.39, 0.29) is 5.91 Å². The molecule has 20 heavy (non-hydrogen) atoms. The Morgan fingerprint density at radius 2 is 1.90 bits per heavy atom. The van der Waals surface area contributed by atoms with E-state index in [1.54, 1.807) is 0 Å². The molecule has 104 valence electrons. The monoisotopic (exact) mass is 269 g/mol. The summed E-state index contributed by atoms with van der Waals surface area (Å²) < 4.78 is 0. The van der Waals surface area contributed by atoms with Crippen LogP contribution in [0.25, 0.3) is 10.9 Å². The third-order valence-corrected chi connectivity index (χ3v) is 3.99. The minimum Gasteiger partial charge on any atom is -0.337 e. The second-order valence-corrected chi connectivity index (χ2v) is 5.61. The van der Waals surface area contributed by atoms with Gasteiger partial charge in [-0.3, -0.25) is 4.79 Å². The van der Waals surface area contributed by atoms with Gasteiger partial charge in [0.2, 0.25) is 0 Å². The summed E-state index contributed by atoms with van der Waals surface area (Å²) in [5.41, 5.74) is 1.39. The molecular formula is C16H19N3O. The first kappa shape index (κ1) is 13.0. The largest absolute Gasteiger partial charge is 0.337 e. The van der Waals surface area contributed by atoms with Crippen molar-refractivity contribution in [2.75, 3.05) is 13.1 Å². The minimum atomic E-state index is 0.0404. The maximum atomic E-state index is 12.7. The minimum absolute atomic E-state index is 0.0404. The van der Waals surface area contributed by atoms with Gasteiger partial charge in [0, 0.05) is 18.5 Å². The molecule has 0 unspecified atom stereocenters. The first-order valence-electron chi connectivity index (χ1n) is 7.18. The third-order valence-electron chi connectivity index (χ3n) is 3.99. The summed E-state index contributed by atoms with van der Waals surface area (Å²) in [6.45, 7) is 5.74. The van der Waals surface area contributed by atoms with Gasteiger partial charge in [0.25, 0.3) is 5.91 Å². The quantitative estimate of drug-likeness (QED) is 0.799. The lowest BCUT2D eigenvalue weighted by Gasteiger charge is -2.30. The van der Waals surface area contributed by atoms with E-state index in [9.17, 15) is 4.79 Å². The van der Waals surface area contributed by atoms with Gasteiger partial charge >= 0.3 is 0 Å². The molecule has 0 radical (unpaired) electrons. The molecule has 0 spiro atoms. The second-order valence-electron chi connectivity index (χ2n) is 5.61. The number of aryl methyl sites for hydroxylation is 1. The number of nitrogens with zero attached hydrogens (tertiary/aromatic N) is 3. The Kier molecular flexibility index (Phi) is 3.38. The van der Waals surface area contributed by atoms with Crippen molar-refractivity contribution in [2.45, 2.75) is 26.7 Å². The molecule has 2 aromatic rings. The van der Waals surface area contributed by atoms with Gasteiger partial charge in [0.1, 0.15) is 11.5 Å². The number of carbonyl (C=O) groups excluding carboxylic acids is 1. The lowest BCUT2D eigenvalue weighted by atomic mass is 9.99. The van der Waals surface area contributed by atoms with Gasteiger partial charge in [-0.1, -0.05) is 25.1 Å². The molecule has 4 nitrogen and oxygen atoms in total. The van der Waals surface area contributed by atoms with Gasteiger partial charge in [0.05, 0.1) is 5.52 Å². The molecule has 0 aliphatic carbocycles. The normalized spacial score (nSPS) is 16.6. The molecule has 1 saturated heterocycles. The predicted octanol–water partition coefficient (Wildman–Crippen LogP) is 2.81. The zero-order valence-corrected chi connectivity index (χ0v) is 12.0. The molecule has 1 aliphatic rings. The number of benzene rings is 1.